The maximum atomic E-state index is 12.9. The smallest absolute Gasteiger partial charge is 0.279 e. The van der Waals surface area contributed by atoms with Gasteiger partial charge in [-0.1, -0.05) is 51.9 Å². The molecule has 0 aromatic heterocycles. The largest absolute Gasteiger partial charge is 0.392 e. The van der Waals surface area contributed by atoms with Gasteiger partial charge in [0.2, 0.25) is 5.78 Å². The minimum Gasteiger partial charge on any atom is -0.392 e. The van der Waals surface area contributed by atoms with Gasteiger partial charge in [-0.25, -0.2) is 0 Å². The molecule has 0 aromatic rings. The van der Waals surface area contributed by atoms with E-state index in [2.05, 4.69) is 6.92 Å². The van der Waals surface area contributed by atoms with Crippen LogP contribution in [0.1, 0.15) is 84.0 Å². The van der Waals surface area contributed by atoms with Crippen LogP contribution in [0.4, 0.5) is 0 Å². The molecule has 0 radical (unpaired) electrons. The van der Waals surface area contributed by atoms with Gasteiger partial charge in [0, 0.05) is 17.8 Å². The molecule has 4 atom stereocenters. The van der Waals surface area contributed by atoms with Crippen molar-refractivity contribution in [3.63, 3.8) is 0 Å². The van der Waals surface area contributed by atoms with Gasteiger partial charge in [-0.3, -0.25) is 14.9 Å². The Bertz CT molecular complexity index is 425. The molecule has 2 aliphatic rings. The van der Waals surface area contributed by atoms with E-state index in [9.17, 15) is 20.0 Å². The number of aliphatic hydroxyl groups excluding tert-OH is 1. The molecule has 2 rings (SSSR count). The molecule has 1 N–H and O–H groups in total. The van der Waals surface area contributed by atoms with Crippen molar-refractivity contribution in [3.05, 3.63) is 10.1 Å². The van der Waals surface area contributed by atoms with Crippen LogP contribution in [-0.2, 0) is 4.79 Å². The van der Waals surface area contributed by atoms with E-state index in [-0.39, 0.29) is 23.0 Å². The van der Waals surface area contributed by atoms with Crippen molar-refractivity contribution >= 4 is 5.78 Å². The van der Waals surface area contributed by atoms with Gasteiger partial charge in [0.15, 0.2) is 0 Å². The van der Waals surface area contributed by atoms with Crippen LogP contribution in [0.2, 0.25) is 0 Å². The zero-order chi connectivity index (χ0) is 16.9. The molecule has 2 bridgehead atoms. The highest BCUT2D eigenvalue weighted by Crippen LogP contribution is 2.43. The molecule has 0 aliphatic heterocycles. The van der Waals surface area contributed by atoms with Crippen LogP contribution in [0.25, 0.3) is 0 Å². The fraction of sp³-hybridized carbons (Fsp3) is 0.944. The molecule has 5 heteroatoms. The lowest BCUT2D eigenvalue weighted by Crippen LogP contribution is -2.59. The number of nitrogens with zero attached hydrogens (tertiary/aromatic N) is 1. The van der Waals surface area contributed by atoms with E-state index in [4.69, 9.17) is 0 Å². The van der Waals surface area contributed by atoms with Crippen molar-refractivity contribution in [1.82, 2.24) is 0 Å². The van der Waals surface area contributed by atoms with Crippen LogP contribution in [0, 0.1) is 22.0 Å². The van der Waals surface area contributed by atoms with E-state index in [0.29, 0.717) is 12.8 Å². The molecule has 2 fully saturated rings. The molecule has 2 saturated carbocycles. The highest BCUT2D eigenvalue weighted by molar-refractivity contribution is 5.90. The molecule has 5 nitrogen and oxygen atoms in total. The summed E-state index contributed by atoms with van der Waals surface area (Å²) < 4.78 is 0. The average molecular weight is 325 g/mol. The number of nitro groups is 1. The third kappa shape index (κ3) is 3.93. The Labute approximate surface area is 139 Å². The number of fused-ring (bicyclic) bond motifs is 2. The Morgan fingerprint density at radius 1 is 1.22 bits per heavy atom. The normalized spacial score (nSPS) is 36.3. The Balaban J connectivity index is 2.30. The summed E-state index contributed by atoms with van der Waals surface area (Å²) in [6.07, 6.45) is 9.13. The van der Waals surface area contributed by atoms with Crippen LogP contribution < -0.4 is 0 Å². The molecule has 0 amide bonds. The van der Waals surface area contributed by atoms with Gasteiger partial charge in [-0.2, -0.15) is 0 Å². The predicted molar refractivity (Wildman–Crippen MR) is 88.8 cm³/mol. The lowest BCUT2D eigenvalue weighted by molar-refractivity contribution is -0.559. The van der Waals surface area contributed by atoms with Crippen LogP contribution in [0.3, 0.4) is 0 Å². The fourth-order valence-corrected chi connectivity index (χ4v) is 4.49. The molecule has 0 aromatic carbocycles. The maximum absolute atomic E-state index is 12.9. The maximum Gasteiger partial charge on any atom is 0.279 e. The summed E-state index contributed by atoms with van der Waals surface area (Å²) in [5.41, 5.74) is -1.44. The summed E-state index contributed by atoms with van der Waals surface area (Å²) in [7, 11) is 0. The number of unbranched alkanes of at least 4 members (excludes halogenated alkanes) is 1. The molecule has 0 unspecified atom stereocenters. The molecule has 0 saturated heterocycles. The van der Waals surface area contributed by atoms with E-state index in [1.165, 1.54) is 0 Å². The summed E-state index contributed by atoms with van der Waals surface area (Å²) in [5.74, 6) is -0.928. The van der Waals surface area contributed by atoms with Crippen molar-refractivity contribution < 1.29 is 14.8 Å². The van der Waals surface area contributed by atoms with Gasteiger partial charge in [0.1, 0.15) is 0 Å². The lowest BCUT2D eigenvalue weighted by atomic mass is 9.64. The van der Waals surface area contributed by atoms with Gasteiger partial charge in [-0.05, 0) is 25.2 Å². The van der Waals surface area contributed by atoms with Crippen molar-refractivity contribution in [2.24, 2.45) is 11.8 Å². The van der Waals surface area contributed by atoms with Crippen LogP contribution in [0.5, 0.6) is 0 Å². The Hall–Kier alpha value is -0.970. The Morgan fingerprint density at radius 2 is 1.87 bits per heavy atom. The van der Waals surface area contributed by atoms with Crippen LogP contribution >= 0.6 is 0 Å². The Kier molecular flexibility index (Phi) is 6.57. The summed E-state index contributed by atoms with van der Waals surface area (Å²) in [4.78, 5) is 24.5. The first-order chi connectivity index (χ1) is 11.0. The van der Waals surface area contributed by atoms with Gasteiger partial charge in [0.05, 0.1) is 12.0 Å². The molecule has 132 valence electrons. The Morgan fingerprint density at radius 3 is 2.52 bits per heavy atom. The number of carbonyl (C=O) groups is 1. The summed E-state index contributed by atoms with van der Waals surface area (Å²) in [6.45, 7) is 2.08. The first-order valence-corrected chi connectivity index (χ1v) is 9.40. The lowest BCUT2D eigenvalue weighted by Gasteiger charge is -2.41. The minimum absolute atomic E-state index is 0.108. The zero-order valence-corrected chi connectivity index (χ0v) is 14.3. The second kappa shape index (κ2) is 8.22. The van der Waals surface area contributed by atoms with Gasteiger partial charge in [-0.15, -0.1) is 0 Å². The van der Waals surface area contributed by atoms with Gasteiger partial charge in [0.25, 0.3) is 5.54 Å². The monoisotopic (exact) mass is 325 g/mol. The second-order valence-corrected chi connectivity index (χ2v) is 7.52. The summed E-state index contributed by atoms with van der Waals surface area (Å²) in [5, 5.41) is 22.6. The number of carbonyl (C=O) groups excluding carboxylic acids is 1. The number of aliphatic hydroxyl groups is 1. The third-order valence-corrected chi connectivity index (χ3v) is 5.92. The van der Waals surface area contributed by atoms with E-state index >= 15 is 0 Å². The highest BCUT2D eigenvalue weighted by Gasteiger charge is 2.59. The molecule has 2 aliphatic carbocycles. The van der Waals surface area contributed by atoms with Crippen LogP contribution in [0.15, 0.2) is 0 Å². The predicted octanol–water partition coefficient (Wildman–Crippen LogP) is 3.89. The molecular formula is C18H31NO4. The van der Waals surface area contributed by atoms with Crippen molar-refractivity contribution in [2.75, 3.05) is 0 Å². The number of hydrogen-bond donors (Lipinski definition) is 1. The number of rotatable bonds is 4. The standard InChI is InChI=1S/C18H31NO4/c1-2-3-10-14-13-18(19(22)23)12-9-7-5-4-6-8-11-15(16(14)20)17(18)21/h14-16,20H,2-13H2,1H3/t14-,15+,16+,18-/m1/s1. The van der Waals surface area contributed by atoms with E-state index < -0.39 is 17.6 Å². The third-order valence-electron chi connectivity index (χ3n) is 5.92. The van der Waals surface area contributed by atoms with Crippen molar-refractivity contribution in [3.8, 4) is 0 Å². The van der Waals surface area contributed by atoms with Crippen molar-refractivity contribution in [1.29, 1.82) is 0 Å². The number of Topliss-reactive ketones (excluding diaryl/α,β-unsaturated/α-hetero) is 1. The van der Waals surface area contributed by atoms with Gasteiger partial charge >= 0.3 is 0 Å². The molecule has 23 heavy (non-hydrogen) atoms. The average Bonchev–Trinajstić information content (AvgIpc) is 2.54. The molecule has 0 heterocycles. The fourth-order valence-electron chi connectivity index (χ4n) is 4.49. The van der Waals surface area contributed by atoms with E-state index in [1.807, 2.05) is 0 Å². The van der Waals surface area contributed by atoms with E-state index in [0.717, 1.165) is 57.8 Å². The molecular weight excluding hydrogens is 294 g/mol. The number of hydrogen-bond acceptors (Lipinski definition) is 4. The first kappa shape index (κ1) is 18.4. The van der Waals surface area contributed by atoms with Crippen LogP contribution in [-0.4, -0.2) is 27.5 Å². The zero-order valence-electron chi connectivity index (χ0n) is 14.3. The molecule has 0 spiro atoms. The van der Waals surface area contributed by atoms with Crippen molar-refractivity contribution in [2.45, 2.75) is 95.6 Å². The SMILES string of the molecule is CCCC[C@@H]1C[C@]2([N+](=O)[O-])CCCCCCCC[C@H](C2=O)[C@H]1O. The van der Waals surface area contributed by atoms with Gasteiger partial charge < -0.3 is 5.11 Å². The quantitative estimate of drug-likeness (QED) is 0.628. The van der Waals surface area contributed by atoms with E-state index in [1.54, 1.807) is 0 Å². The summed E-state index contributed by atoms with van der Waals surface area (Å²) >= 11 is 0. The second-order valence-electron chi connectivity index (χ2n) is 7.52. The number of ketones is 1. The highest BCUT2D eigenvalue weighted by atomic mass is 16.6. The minimum atomic E-state index is -1.44. The summed E-state index contributed by atoms with van der Waals surface area (Å²) in [6, 6.07) is 0. The first-order valence-electron chi connectivity index (χ1n) is 9.40. The topological polar surface area (TPSA) is 80.4 Å².